The molecule has 1 aromatic rings. The highest BCUT2D eigenvalue weighted by molar-refractivity contribution is 9.10. The molecule has 2 N–H and O–H groups in total. The van der Waals surface area contributed by atoms with Gasteiger partial charge in [-0.3, -0.25) is 9.48 Å². The smallest absolute Gasteiger partial charge is 0.273 e. The van der Waals surface area contributed by atoms with Crippen LogP contribution < -0.4 is 5.32 Å². The number of aliphatic hydroxyl groups excluding tert-OH is 1. The molecule has 7 heteroatoms. The third-order valence-electron chi connectivity index (χ3n) is 2.07. The SMILES string of the molecule is CN(C)CC(O)CNC(=O)c1nn(C)cc1Br. The van der Waals surface area contributed by atoms with Crippen molar-refractivity contribution in [3.8, 4) is 0 Å². The fourth-order valence-corrected chi connectivity index (χ4v) is 1.95. The fourth-order valence-electron chi connectivity index (χ4n) is 1.39. The number of aliphatic hydroxyl groups is 1. The van der Waals surface area contributed by atoms with Crippen LogP contribution in [0.3, 0.4) is 0 Å². The van der Waals surface area contributed by atoms with Gasteiger partial charge in [0.2, 0.25) is 0 Å². The molecule has 0 bridgehead atoms. The monoisotopic (exact) mass is 304 g/mol. The summed E-state index contributed by atoms with van der Waals surface area (Å²) in [6, 6.07) is 0. The Kier molecular flexibility index (Phi) is 5.10. The van der Waals surface area contributed by atoms with Crippen LogP contribution in [-0.4, -0.2) is 59.0 Å². The topological polar surface area (TPSA) is 70.4 Å². The van der Waals surface area contributed by atoms with Gasteiger partial charge in [0.1, 0.15) is 0 Å². The van der Waals surface area contributed by atoms with Crippen molar-refractivity contribution in [1.82, 2.24) is 20.0 Å². The van der Waals surface area contributed by atoms with Crippen LogP contribution in [0.2, 0.25) is 0 Å². The molecule has 0 spiro atoms. The highest BCUT2D eigenvalue weighted by atomic mass is 79.9. The lowest BCUT2D eigenvalue weighted by atomic mass is 10.3. The van der Waals surface area contributed by atoms with Crippen molar-refractivity contribution in [3.05, 3.63) is 16.4 Å². The second kappa shape index (κ2) is 6.13. The van der Waals surface area contributed by atoms with E-state index in [-0.39, 0.29) is 12.5 Å². The third-order valence-corrected chi connectivity index (χ3v) is 2.65. The Morgan fingerprint density at radius 3 is 2.82 bits per heavy atom. The number of carbonyl (C=O) groups excluding carboxylic acids is 1. The molecule has 0 saturated heterocycles. The van der Waals surface area contributed by atoms with Crippen LogP contribution >= 0.6 is 15.9 Å². The van der Waals surface area contributed by atoms with E-state index in [1.165, 1.54) is 0 Å². The highest BCUT2D eigenvalue weighted by Gasteiger charge is 2.15. The minimum absolute atomic E-state index is 0.208. The number of carbonyl (C=O) groups is 1. The molecule has 0 radical (unpaired) electrons. The van der Waals surface area contributed by atoms with E-state index in [0.29, 0.717) is 16.7 Å². The van der Waals surface area contributed by atoms with Crippen molar-refractivity contribution in [3.63, 3.8) is 0 Å². The summed E-state index contributed by atoms with van der Waals surface area (Å²) in [5.41, 5.74) is 0.324. The van der Waals surface area contributed by atoms with Crippen molar-refractivity contribution in [1.29, 1.82) is 0 Å². The zero-order chi connectivity index (χ0) is 13.0. The number of aromatic nitrogens is 2. The van der Waals surface area contributed by atoms with E-state index in [1.807, 2.05) is 19.0 Å². The lowest BCUT2D eigenvalue weighted by Gasteiger charge is -2.15. The Bertz CT molecular complexity index is 392. The minimum Gasteiger partial charge on any atom is -0.390 e. The molecule has 0 aliphatic heterocycles. The summed E-state index contributed by atoms with van der Waals surface area (Å²) in [6.45, 7) is 0.712. The zero-order valence-corrected chi connectivity index (χ0v) is 11.7. The van der Waals surface area contributed by atoms with E-state index >= 15 is 0 Å². The average Bonchev–Trinajstić information content (AvgIpc) is 2.53. The largest absolute Gasteiger partial charge is 0.390 e. The van der Waals surface area contributed by atoms with E-state index in [2.05, 4.69) is 26.3 Å². The summed E-state index contributed by atoms with van der Waals surface area (Å²) < 4.78 is 2.19. The minimum atomic E-state index is -0.587. The predicted molar refractivity (Wildman–Crippen MR) is 67.8 cm³/mol. The predicted octanol–water partition coefficient (Wildman–Crippen LogP) is -0.165. The second-order valence-electron chi connectivity index (χ2n) is 4.13. The molecule has 1 rings (SSSR count). The maximum atomic E-state index is 11.7. The molecular weight excluding hydrogens is 288 g/mol. The van der Waals surface area contributed by atoms with Crippen molar-refractivity contribution < 1.29 is 9.90 Å². The molecule has 6 nitrogen and oxygen atoms in total. The van der Waals surface area contributed by atoms with Gasteiger partial charge in [0, 0.05) is 26.3 Å². The molecule has 1 amide bonds. The Morgan fingerprint density at radius 1 is 1.71 bits per heavy atom. The number of amides is 1. The molecule has 0 fully saturated rings. The maximum absolute atomic E-state index is 11.7. The number of likely N-dealkylation sites (N-methyl/N-ethyl adjacent to an activating group) is 1. The Balaban J connectivity index is 2.47. The fraction of sp³-hybridized carbons (Fsp3) is 0.600. The number of aryl methyl sites for hydroxylation is 1. The summed E-state index contributed by atoms with van der Waals surface area (Å²) in [7, 11) is 5.46. The summed E-state index contributed by atoms with van der Waals surface area (Å²) in [4.78, 5) is 13.6. The van der Waals surface area contributed by atoms with Gasteiger partial charge in [0.15, 0.2) is 5.69 Å². The van der Waals surface area contributed by atoms with Crippen LogP contribution in [0.15, 0.2) is 10.7 Å². The van der Waals surface area contributed by atoms with Crippen LogP contribution in [0.5, 0.6) is 0 Å². The van der Waals surface area contributed by atoms with Crippen molar-refractivity contribution in [2.24, 2.45) is 7.05 Å². The van der Waals surface area contributed by atoms with Crippen LogP contribution in [0, 0.1) is 0 Å². The number of hydrogen-bond donors (Lipinski definition) is 2. The molecule has 1 atom stereocenters. The van der Waals surface area contributed by atoms with E-state index in [4.69, 9.17) is 0 Å². The first-order valence-electron chi connectivity index (χ1n) is 5.20. The Hall–Kier alpha value is -0.920. The number of hydrogen-bond acceptors (Lipinski definition) is 4. The molecule has 0 aliphatic rings. The van der Waals surface area contributed by atoms with E-state index in [1.54, 1.807) is 17.9 Å². The van der Waals surface area contributed by atoms with Gasteiger partial charge in [0.05, 0.1) is 10.6 Å². The van der Waals surface area contributed by atoms with Gasteiger partial charge in [-0.15, -0.1) is 0 Å². The zero-order valence-electron chi connectivity index (χ0n) is 10.1. The first-order chi connectivity index (χ1) is 7.90. The van der Waals surface area contributed by atoms with Gasteiger partial charge < -0.3 is 15.3 Å². The quantitative estimate of drug-likeness (QED) is 0.793. The van der Waals surface area contributed by atoms with Gasteiger partial charge in [0.25, 0.3) is 5.91 Å². The number of nitrogens with zero attached hydrogens (tertiary/aromatic N) is 3. The second-order valence-corrected chi connectivity index (χ2v) is 4.98. The van der Waals surface area contributed by atoms with Gasteiger partial charge in [-0.1, -0.05) is 0 Å². The van der Waals surface area contributed by atoms with Gasteiger partial charge in [-0.25, -0.2) is 0 Å². The van der Waals surface area contributed by atoms with Crippen LogP contribution in [0.4, 0.5) is 0 Å². The maximum Gasteiger partial charge on any atom is 0.273 e. The van der Waals surface area contributed by atoms with Crippen LogP contribution in [-0.2, 0) is 7.05 Å². The third kappa shape index (κ3) is 4.45. The van der Waals surface area contributed by atoms with Crippen molar-refractivity contribution in [2.75, 3.05) is 27.2 Å². The summed E-state index contributed by atoms with van der Waals surface area (Å²) >= 11 is 3.25. The normalized spacial score (nSPS) is 12.8. The highest BCUT2D eigenvalue weighted by Crippen LogP contribution is 2.13. The number of halogens is 1. The number of nitrogens with one attached hydrogen (secondary N) is 1. The van der Waals surface area contributed by atoms with E-state index in [9.17, 15) is 9.90 Å². The first-order valence-corrected chi connectivity index (χ1v) is 5.99. The van der Waals surface area contributed by atoms with E-state index < -0.39 is 6.10 Å². The summed E-state index contributed by atoms with van der Waals surface area (Å²) in [5.74, 6) is -0.296. The van der Waals surface area contributed by atoms with Crippen LogP contribution in [0.25, 0.3) is 0 Å². The summed E-state index contributed by atoms with van der Waals surface area (Å²) in [5, 5.41) is 16.2. The Morgan fingerprint density at radius 2 is 2.35 bits per heavy atom. The van der Waals surface area contributed by atoms with Crippen LogP contribution in [0.1, 0.15) is 10.5 Å². The molecule has 96 valence electrons. The molecule has 17 heavy (non-hydrogen) atoms. The van der Waals surface area contributed by atoms with Gasteiger partial charge >= 0.3 is 0 Å². The van der Waals surface area contributed by atoms with Crippen molar-refractivity contribution >= 4 is 21.8 Å². The Labute approximate surface area is 109 Å². The number of rotatable bonds is 5. The molecule has 0 saturated carbocycles. The lowest BCUT2D eigenvalue weighted by Crippen LogP contribution is -2.38. The molecule has 1 unspecified atom stereocenters. The summed E-state index contributed by atoms with van der Waals surface area (Å²) in [6.07, 6.45) is 1.11. The van der Waals surface area contributed by atoms with E-state index in [0.717, 1.165) is 0 Å². The molecular formula is C10H17BrN4O2. The molecule has 1 aromatic heterocycles. The molecule has 0 aromatic carbocycles. The first kappa shape index (κ1) is 14.1. The molecule has 1 heterocycles. The molecule has 0 aliphatic carbocycles. The van der Waals surface area contributed by atoms with Gasteiger partial charge in [-0.05, 0) is 30.0 Å². The standard InChI is InChI=1S/C10H17BrN4O2/c1-14(2)5-7(16)4-12-10(17)9-8(11)6-15(3)13-9/h6-7,16H,4-5H2,1-3H3,(H,12,17). The lowest BCUT2D eigenvalue weighted by molar-refractivity contribution is 0.0886. The van der Waals surface area contributed by atoms with Gasteiger partial charge in [-0.2, -0.15) is 5.10 Å². The van der Waals surface area contributed by atoms with Crippen molar-refractivity contribution in [2.45, 2.75) is 6.10 Å². The average molecular weight is 305 g/mol.